The van der Waals surface area contributed by atoms with Crippen molar-refractivity contribution in [3.05, 3.63) is 24.2 Å². The smallest absolute Gasteiger partial charge is 0.223 e. The van der Waals surface area contributed by atoms with Crippen LogP contribution in [0.15, 0.2) is 22.8 Å². The molecule has 7 heteroatoms. The highest BCUT2D eigenvalue weighted by Crippen LogP contribution is 2.29. The van der Waals surface area contributed by atoms with Crippen molar-refractivity contribution < 1.29 is 9.21 Å². The van der Waals surface area contributed by atoms with E-state index in [0.29, 0.717) is 18.7 Å². The third kappa shape index (κ3) is 6.52. The Morgan fingerprint density at radius 1 is 1.42 bits per heavy atom. The van der Waals surface area contributed by atoms with Crippen LogP contribution in [-0.4, -0.2) is 15.9 Å². The first-order chi connectivity index (χ1) is 8.79. The highest BCUT2D eigenvalue weighted by molar-refractivity contribution is 6.68. The van der Waals surface area contributed by atoms with E-state index in [4.69, 9.17) is 39.2 Å². The van der Waals surface area contributed by atoms with Crippen molar-refractivity contribution in [3.63, 3.8) is 0 Å². The van der Waals surface area contributed by atoms with Crippen LogP contribution in [0.4, 0.5) is 0 Å². The van der Waals surface area contributed by atoms with Crippen LogP contribution < -0.4 is 10.6 Å². The summed E-state index contributed by atoms with van der Waals surface area (Å²) in [6, 6.07) is 3.55. The predicted molar refractivity (Wildman–Crippen MR) is 77.2 cm³/mol. The molecular weight excluding hydrogens is 311 g/mol. The van der Waals surface area contributed by atoms with Gasteiger partial charge < -0.3 is 9.73 Å². The van der Waals surface area contributed by atoms with E-state index in [0.717, 1.165) is 0 Å². The number of amides is 1. The Labute approximate surface area is 127 Å². The molecule has 1 aromatic heterocycles. The highest BCUT2D eigenvalue weighted by atomic mass is 35.6. The summed E-state index contributed by atoms with van der Waals surface area (Å²) < 4.78 is 3.52. The van der Waals surface area contributed by atoms with E-state index in [9.17, 15) is 4.79 Å². The maximum absolute atomic E-state index is 11.7. The number of carbonyl (C=O) groups is 1. The topological polar surface area (TPSA) is 54.3 Å². The Balaban J connectivity index is 2.55. The second-order valence-electron chi connectivity index (χ2n) is 4.60. The van der Waals surface area contributed by atoms with E-state index in [-0.39, 0.29) is 11.8 Å². The number of alkyl halides is 3. The number of rotatable bonds is 6. The molecule has 0 saturated carbocycles. The summed E-state index contributed by atoms with van der Waals surface area (Å²) in [7, 11) is 0. The van der Waals surface area contributed by atoms with Gasteiger partial charge in [0.25, 0.3) is 0 Å². The first kappa shape index (κ1) is 16.6. The lowest BCUT2D eigenvalue weighted by molar-refractivity contribution is -0.122. The van der Waals surface area contributed by atoms with Gasteiger partial charge in [-0.2, -0.15) is 0 Å². The second kappa shape index (κ2) is 7.39. The van der Waals surface area contributed by atoms with Gasteiger partial charge in [0.2, 0.25) is 9.70 Å². The summed E-state index contributed by atoms with van der Waals surface area (Å²) in [6.07, 6.45) is 1.15. The molecule has 1 aromatic rings. The van der Waals surface area contributed by atoms with Crippen molar-refractivity contribution in [1.82, 2.24) is 10.6 Å². The van der Waals surface area contributed by atoms with Crippen LogP contribution in [0.1, 0.15) is 26.0 Å². The lowest BCUT2D eigenvalue weighted by Gasteiger charge is -2.26. The van der Waals surface area contributed by atoms with E-state index in [1.165, 1.54) is 0 Å². The number of hydrogen-bond acceptors (Lipinski definition) is 3. The van der Waals surface area contributed by atoms with Crippen molar-refractivity contribution in [2.45, 2.75) is 36.8 Å². The van der Waals surface area contributed by atoms with Crippen LogP contribution in [0.5, 0.6) is 0 Å². The van der Waals surface area contributed by atoms with Crippen LogP contribution >= 0.6 is 34.8 Å². The van der Waals surface area contributed by atoms with Gasteiger partial charge in [0.1, 0.15) is 11.9 Å². The van der Waals surface area contributed by atoms with Gasteiger partial charge in [-0.05, 0) is 18.1 Å². The highest BCUT2D eigenvalue weighted by Gasteiger charge is 2.33. The van der Waals surface area contributed by atoms with Crippen molar-refractivity contribution in [2.75, 3.05) is 0 Å². The van der Waals surface area contributed by atoms with Gasteiger partial charge in [0.05, 0.1) is 12.8 Å². The molecule has 0 aromatic carbocycles. The molecule has 1 heterocycles. The van der Waals surface area contributed by atoms with Crippen molar-refractivity contribution in [3.8, 4) is 0 Å². The zero-order valence-corrected chi connectivity index (χ0v) is 13.0. The van der Waals surface area contributed by atoms with E-state index in [1.54, 1.807) is 18.4 Å². The Hall–Kier alpha value is -0.420. The fourth-order valence-corrected chi connectivity index (χ4v) is 1.85. The van der Waals surface area contributed by atoms with Gasteiger partial charge in [-0.1, -0.05) is 48.7 Å². The van der Waals surface area contributed by atoms with Crippen LogP contribution in [0.3, 0.4) is 0 Å². The van der Waals surface area contributed by atoms with E-state index < -0.39 is 9.96 Å². The molecule has 0 radical (unpaired) electrons. The minimum absolute atomic E-state index is 0.168. The van der Waals surface area contributed by atoms with E-state index in [2.05, 4.69) is 10.6 Å². The van der Waals surface area contributed by atoms with Crippen molar-refractivity contribution in [1.29, 1.82) is 0 Å². The normalized spacial score (nSPS) is 13.6. The third-order valence-corrected chi connectivity index (χ3v) is 2.94. The quantitative estimate of drug-likeness (QED) is 0.623. The zero-order valence-electron chi connectivity index (χ0n) is 10.8. The molecule has 0 fully saturated rings. The van der Waals surface area contributed by atoms with Crippen molar-refractivity contribution >= 4 is 40.7 Å². The molecule has 19 heavy (non-hydrogen) atoms. The molecule has 0 aliphatic rings. The summed E-state index contributed by atoms with van der Waals surface area (Å²) in [5.74, 6) is 0.761. The third-order valence-electron chi connectivity index (χ3n) is 2.29. The summed E-state index contributed by atoms with van der Waals surface area (Å²) in [5.41, 5.74) is 0. The Kier molecular flexibility index (Phi) is 6.47. The molecule has 0 unspecified atom stereocenters. The zero-order chi connectivity index (χ0) is 14.5. The molecule has 0 aliphatic carbocycles. The van der Waals surface area contributed by atoms with Gasteiger partial charge in [0, 0.05) is 6.42 Å². The van der Waals surface area contributed by atoms with Gasteiger partial charge in [-0.15, -0.1) is 0 Å². The first-order valence-electron chi connectivity index (χ1n) is 5.91. The Morgan fingerprint density at radius 2 is 2.11 bits per heavy atom. The standard InChI is InChI=1S/C12H17Cl3N2O2/c1-8(2)6-10(18)17-11(12(13,14)15)16-7-9-4-3-5-19-9/h3-5,8,11,16H,6-7H2,1-2H3,(H,17,18)/t11-/m0/s1. The number of halogens is 3. The number of carbonyl (C=O) groups excluding carboxylic acids is 1. The maximum Gasteiger partial charge on any atom is 0.223 e. The summed E-state index contributed by atoms with van der Waals surface area (Å²) in [6.45, 7) is 4.24. The minimum atomic E-state index is -1.64. The molecule has 0 bridgehead atoms. The van der Waals surface area contributed by atoms with Gasteiger partial charge >= 0.3 is 0 Å². The molecule has 1 amide bonds. The van der Waals surface area contributed by atoms with Crippen LogP contribution in [0, 0.1) is 5.92 Å². The van der Waals surface area contributed by atoms with Gasteiger partial charge in [-0.25, -0.2) is 0 Å². The molecule has 1 rings (SSSR count). The lowest BCUT2D eigenvalue weighted by Crippen LogP contribution is -2.53. The summed E-state index contributed by atoms with van der Waals surface area (Å²) >= 11 is 17.5. The van der Waals surface area contributed by atoms with E-state index in [1.807, 2.05) is 13.8 Å². The molecule has 108 valence electrons. The molecule has 0 aliphatic heterocycles. The van der Waals surface area contributed by atoms with Crippen LogP contribution in [-0.2, 0) is 11.3 Å². The Bertz CT molecular complexity index is 388. The molecule has 0 spiro atoms. The summed E-state index contributed by atoms with van der Waals surface area (Å²) in [5, 5.41) is 5.61. The number of furan rings is 1. The molecule has 0 saturated heterocycles. The number of nitrogens with one attached hydrogen (secondary N) is 2. The monoisotopic (exact) mass is 326 g/mol. The van der Waals surface area contributed by atoms with Gasteiger partial charge in [0.15, 0.2) is 0 Å². The van der Waals surface area contributed by atoms with Crippen LogP contribution in [0.25, 0.3) is 0 Å². The van der Waals surface area contributed by atoms with E-state index >= 15 is 0 Å². The molecule has 1 atom stereocenters. The van der Waals surface area contributed by atoms with Crippen LogP contribution in [0.2, 0.25) is 0 Å². The fraction of sp³-hybridized carbons (Fsp3) is 0.583. The first-order valence-corrected chi connectivity index (χ1v) is 7.04. The molecule has 2 N–H and O–H groups in total. The van der Waals surface area contributed by atoms with Gasteiger partial charge in [-0.3, -0.25) is 10.1 Å². The maximum atomic E-state index is 11.7. The number of hydrogen-bond donors (Lipinski definition) is 2. The molecular formula is C12H17Cl3N2O2. The average Bonchev–Trinajstić information content (AvgIpc) is 2.74. The average molecular weight is 328 g/mol. The molecule has 4 nitrogen and oxygen atoms in total. The SMILES string of the molecule is CC(C)CC(=O)N[C@H](NCc1ccco1)C(Cl)(Cl)Cl. The second-order valence-corrected chi connectivity index (χ2v) is 6.97. The Morgan fingerprint density at radius 3 is 2.58 bits per heavy atom. The van der Waals surface area contributed by atoms with Crippen molar-refractivity contribution in [2.24, 2.45) is 5.92 Å². The summed E-state index contributed by atoms with van der Waals surface area (Å²) in [4.78, 5) is 11.7. The predicted octanol–water partition coefficient (Wildman–Crippen LogP) is 3.23. The minimum Gasteiger partial charge on any atom is -0.468 e. The lowest BCUT2D eigenvalue weighted by atomic mass is 10.1. The fourth-order valence-electron chi connectivity index (χ4n) is 1.46. The largest absolute Gasteiger partial charge is 0.468 e.